The molecule has 130 valence electrons. The number of aromatic nitrogens is 2. The van der Waals surface area contributed by atoms with E-state index in [1.165, 1.54) is 32.1 Å². The Balaban J connectivity index is 1.40. The maximum absolute atomic E-state index is 12.2. The summed E-state index contributed by atoms with van der Waals surface area (Å²) >= 11 is 0. The van der Waals surface area contributed by atoms with Gasteiger partial charge < -0.3 is 9.72 Å². The molecule has 24 heavy (non-hydrogen) atoms. The normalized spacial score (nSPS) is 17.0. The molecule has 6 heteroatoms. The minimum atomic E-state index is -1.22. The van der Waals surface area contributed by atoms with Crippen LogP contribution < -0.4 is 5.32 Å². The molecule has 0 bridgehead atoms. The lowest BCUT2D eigenvalue weighted by Crippen LogP contribution is -2.30. The zero-order valence-corrected chi connectivity index (χ0v) is 14.8. The molecule has 1 amide bonds. The fourth-order valence-electron chi connectivity index (χ4n) is 3.36. The molecule has 0 unspecified atom stereocenters. The Hall–Kier alpha value is -1.69. The summed E-state index contributed by atoms with van der Waals surface area (Å²) in [5.74, 6) is 1.01. The first-order chi connectivity index (χ1) is 11.7. The van der Waals surface area contributed by atoms with E-state index >= 15 is 0 Å². The zero-order chi connectivity index (χ0) is 16.8. The monoisotopic (exact) mass is 347 g/mol. The van der Waals surface area contributed by atoms with Crippen LogP contribution in [0.2, 0.25) is 0 Å². The standard InChI is InChI=1S/C18H25N3O2S/c22-18(19-10-9-15-6-2-1-3-7-15)14-24(23)13-16-12-21-11-5-4-8-17(21)20-16/h4-5,8,11-12,15H,1-3,6-7,9-10,13-14H2,(H,19,22)/t24-/m1/s1. The van der Waals surface area contributed by atoms with Crippen LogP contribution in [0.5, 0.6) is 0 Å². The minimum absolute atomic E-state index is 0.0541. The lowest BCUT2D eigenvalue weighted by atomic mass is 9.87. The maximum Gasteiger partial charge on any atom is 0.232 e. The van der Waals surface area contributed by atoms with Crippen LogP contribution in [0.3, 0.4) is 0 Å². The van der Waals surface area contributed by atoms with Crippen molar-refractivity contribution in [2.45, 2.75) is 44.3 Å². The Kier molecular flexibility index (Phi) is 6.01. The van der Waals surface area contributed by atoms with Crippen LogP contribution in [-0.2, 0) is 21.3 Å². The average Bonchev–Trinajstić information content (AvgIpc) is 2.97. The van der Waals surface area contributed by atoms with E-state index in [9.17, 15) is 9.00 Å². The molecule has 1 aliphatic rings. The first kappa shape index (κ1) is 17.1. The summed E-state index contributed by atoms with van der Waals surface area (Å²) in [6.07, 6.45) is 11.4. The van der Waals surface area contributed by atoms with Crippen LogP contribution >= 0.6 is 0 Å². The van der Waals surface area contributed by atoms with E-state index in [0.717, 1.165) is 23.7 Å². The Morgan fingerprint density at radius 3 is 2.92 bits per heavy atom. The van der Waals surface area contributed by atoms with E-state index in [1.807, 2.05) is 35.0 Å². The molecule has 1 aliphatic carbocycles. The SMILES string of the molecule is O=C(C[S@](=O)Cc1cn2ccccc2n1)NCCC1CCCCC1. The molecule has 1 atom stereocenters. The number of amides is 1. The number of fused-ring (bicyclic) bond motifs is 1. The van der Waals surface area contributed by atoms with Crippen LogP contribution in [0.15, 0.2) is 30.6 Å². The topological polar surface area (TPSA) is 63.5 Å². The second-order valence-electron chi connectivity index (χ2n) is 6.57. The second kappa shape index (κ2) is 8.42. The van der Waals surface area contributed by atoms with Crippen LogP contribution in [0.25, 0.3) is 5.65 Å². The van der Waals surface area contributed by atoms with E-state index < -0.39 is 10.8 Å². The van der Waals surface area contributed by atoms with E-state index in [0.29, 0.717) is 12.3 Å². The number of carbonyl (C=O) groups is 1. The molecule has 3 rings (SSSR count). The Morgan fingerprint density at radius 2 is 2.12 bits per heavy atom. The van der Waals surface area contributed by atoms with Gasteiger partial charge in [-0.3, -0.25) is 9.00 Å². The quantitative estimate of drug-likeness (QED) is 0.837. The summed E-state index contributed by atoms with van der Waals surface area (Å²) in [6, 6.07) is 5.75. The average molecular weight is 347 g/mol. The molecule has 0 spiro atoms. The smallest absolute Gasteiger partial charge is 0.232 e. The van der Waals surface area contributed by atoms with Crippen LogP contribution in [0.1, 0.15) is 44.2 Å². The number of hydrogen-bond acceptors (Lipinski definition) is 3. The fourth-order valence-corrected chi connectivity index (χ4v) is 4.33. The molecule has 0 aliphatic heterocycles. The van der Waals surface area contributed by atoms with Gasteiger partial charge in [-0.05, 0) is 24.5 Å². The second-order valence-corrected chi connectivity index (χ2v) is 8.03. The predicted octanol–water partition coefficient (Wildman–Crippen LogP) is 2.67. The third-order valence-electron chi connectivity index (χ3n) is 4.61. The molecule has 2 aromatic rings. The van der Waals surface area contributed by atoms with Crippen LogP contribution in [0.4, 0.5) is 0 Å². The highest BCUT2D eigenvalue weighted by Crippen LogP contribution is 2.25. The van der Waals surface area contributed by atoms with E-state index in [1.54, 1.807) is 0 Å². The fraction of sp³-hybridized carbons (Fsp3) is 0.556. The number of carbonyl (C=O) groups excluding carboxylic acids is 1. The summed E-state index contributed by atoms with van der Waals surface area (Å²) in [5.41, 5.74) is 1.59. The highest BCUT2D eigenvalue weighted by molar-refractivity contribution is 7.84. The molecule has 1 N–H and O–H groups in total. The molecule has 0 aromatic carbocycles. The summed E-state index contributed by atoms with van der Waals surface area (Å²) < 4.78 is 14.1. The molecule has 1 fully saturated rings. The van der Waals surface area contributed by atoms with E-state index in [4.69, 9.17) is 0 Å². The number of rotatable bonds is 7. The van der Waals surface area contributed by atoms with Crippen molar-refractivity contribution in [1.29, 1.82) is 0 Å². The Bertz CT molecular complexity index is 674. The van der Waals surface area contributed by atoms with Gasteiger partial charge in [0, 0.05) is 29.7 Å². The molecule has 2 aromatic heterocycles. The summed E-state index contributed by atoms with van der Waals surface area (Å²) in [4.78, 5) is 16.3. The first-order valence-electron chi connectivity index (χ1n) is 8.75. The van der Waals surface area contributed by atoms with Gasteiger partial charge in [-0.15, -0.1) is 0 Å². The van der Waals surface area contributed by atoms with Crippen molar-refractivity contribution in [1.82, 2.24) is 14.7 Å². The number of hydrogen-bond donors (Lipinski definition) is 1. The lowest BCUT2D eigenvalue weighted by Gasteiger charge is -2.21. The van der Waals surface area contributed by atoms with Gasteiger partial charge in [0.15, 0.2) is 0 Å². The molecule has 1 saturated carbocycles. The number of nitrogens with zero attached hydrogens (tertiary/aromatic N) is 2. The van der Waals surface area contributed by atoms with Crippen molar-refractivity contribution in [3.63, 3.8) is 0 Å². The first-order valence-corrected chi connectivity index (χ1v) is 10.2. The number of pyridine rings is 1. The van der Waals surface area contributed by atoms with Gasteiger partial charge >= 0.3 is 0 Å². The molecule has 5 nitrogen and oxygen atoms in total. The van der Waals surface area contributed by atoms with Gasteiger partial charge in [-0.25, -0.2) is 4.98 Å². The number of nitrogens with one attached hydrogen (secondary N) is 1. The third kappa shape index (κ3) is 4.90. The predicted molar refractivity (Wildman–Crippen MR) is 96.1 cm³/mol. The third-order valence-corrected chi connectivity index (χ3v) is 5.82. The van der Waals surface area contributed by atoms with Crippen molar-refractivity contribution in [3.05, 3.63) is 36.3 Å². The van der Waals surface area contributed by atoms with E-state index in [-0.39, 0.29) is 11.7 Å². The number of imidazole rings is 1. The summed E-state index contributed by atoms with van der Waals surface area (Å²) in [5, 5.41) is 2.92. The van der Waals surface area contributed by atoms with Crippen molar-refractivity contribution >= 4 is 22.4 Å². The minimum Gasteiger partial charge on any atom is -0.355 e. The van der Waals surface area contributed by atoms with Crippen molar-refractivity contribution in [3.8, 4) is 0 Å². The van der Waals surface area contributed by atoms with Gasteiger partial charge in [-0.1, -0.05) is 38.2 Å². The highest BCUT2D eigenvalue weighted by Gasteiger charge is 2.14. The molecule has 0 radical (unpaired) electrons. The molecular weight excluding hydrogens is 322 g/mol. The summed E-state index contributed by atoms with van der Waals surface area (Å²) in [7, 11) is -1.22. The molecule has 2 heterocycles. The van der Waals surface area contributed by atoms with Gasteiger partial charge in [0.1, 0.15) is 11.4 Å². The van der Waals surface area contributed by atoms with Gasteiger partial charge in [-0.2, -0.15) is 0 Å². The van der Waals surface area contributed by atoms with Crippen LogP contribution in [0, 0.1) is 5.92 Å². The van der Waals surface area contributed by atoms with Crippen molar-refractivity contribution in [2.24, 2.45) is 5.92 Å². The van der Waals surface area contributed by atoms with Gasteiger partial charge in [0.05, 0.1) is 11.4 Å². The maximum atomic E-state index is 12.2. The van der Waals surface area contributed by atoms with Crippen LogP contribution in [-0.4, -0.2) is 31.8 Å². The molecule has 0 saturated heterocycles. The van der Waals surface area contributed by atoms with Crippen molar-refractivity contribution < 1.29 is 9.00 Å². The Labute approximate surface area is 145 Å². The van der Waals surface area contributed by atoms with E-state index in [2.05, 4.69) is 10.3 Å². The zero-order valence-electron chi connectivity index (χ0n) is 13.9. The molecular formula is C18H25N3O2S. The Morgan fingerprint density at radius 1 is 1.29 bits per heavy atom. The summed E-state index contributed by atoms with van der Waals surface area (Å²) in [6.45, 7) is 0.703. The van der Waals surface area contributed by atoms with Crippen molar-refractivity contribution in [2.75, 3.05) is 12.3 Å². The van der Waals surface area contributed by atoms with Gasteiger partial charge in [0.25, 0.3) is 0 Å². The largest absolute Gasteiger partial charge is 0.355 e. The lowest BCUT2D eigenvalue weighted by molar-refractivity contribution is -0.118. The van der Waals surface area contributed by atoms with Gasteiger partial charge in [0.2, 0.25) is 5.91 Å². The highest BCUT2D eigenvalue weighted by atomic mass is 32.2.